The van der Waals surface area contributed by atoms with Crippen LogP contribution >= 0.6 is 0 Å². The van der Waals surface area contributed by atoms with Crippen LogP contribution in [-0.2, 0) is 19.1 Å². The predicted octanol–water partition coefficient (Wildman–Crippen LogP) is 0.475. The molecule has 0 saturated heterocycles. The molecule has 0 aromatic carbocycles. The van der Waals surface area contributed by atoms with Crippen LogP contribution in [-0.4, -0.2) is 25.0 Å². The number of methoxy groups -OCH3 is 1. The zero-order chi connectivity index (χ0) is 10.3. The molecule has 13 heavy (non-hydrogen) atoms. The molecule has 70 valence electrons. The van der Waals surface area contributed by atoms with Gasteiger partial charge in [0.05, 0.1) is 13.5 Å². The van der Waals surface area contributed by atoms with E-state index in [0.717, 1.165) is 0 Å². The number of hydrogen-bond donors (Lipinski definition) is 0. The fourth-order valence-corrected chi connectivity index (χ4v) is 0.737. The Morgan fingerprint density at radius 3 is 2.23 bits per heavy atom. The molecule has 0 rings (SSSR count). The standard InChI is InChI=1S/C9H10O4/c1-7(5-10)3-8(6-11)4-9(12)13-2/h3-4H2,1-2H3. The van der Waals surface area contributed by atoms with Crippen molar-refractivity contribution in [2.75, 3.05) is 7.11 Å². The molecule has 4 nitrogen and oxygen atoms in total. The van der Waals surface area contributed by atoms with Crippen molar-refractivity contribution in [3.63, 3.8) is 0 Å². The van der Waals surface area contributed by atoms with Crippen molar-refractivity contribution in [3.8, 4) is 0 Å². The van der Waals surface area contributed by atoms with E-state index >= 15 is 0 Å². The van der Waals surface area contributed by atoms with Crippen molar-refractivity contribution >= 4 is 17.9 Å². The number of hydrogen-bond acceptors (Lipinski definition) is 4. The summed E-state index contributed by atoms with van der Waals surface area (Å²) < 4.78 is 4.35. The smallest absolute Gasteiger partial charge is 0.310 e. The lowest BCUT2D eigenvalue weighted by Gasteiger charge is -1.99. The third-order valence-electron chi connectivity index (χ3n) is 1.38. The summed E-state index contributed by atoms with van der Waals surface area (Å²) in [5.41, 5.74) is 0.565. The van der Waals surface area contributed by atoms with Crippen molar-refractivity contribution < 1.29 is 19.1 Å². The molecule has 0 heterocycles. The van der Waals surface area contributed by atoms with E-state index in [0.29, 0.717) is 5.57 Å². The molecule has 0 N–H and O–H groups in total. The van der Waals surface area contributed by atoms with Crippen LogP contribution in [0.5, 0.6) is 0 Å². The molecule has 0 aliphatic carbocycles. The third-order valence-corrected chi connectivity index (χ3v) is 1.38. The van der Waals surface area contributed by atoms with Gasteiger partial charge in [-0.15, -0.1) is 0 Å². The molecule has 0 bridgehead atoms. The van der Waals surface area contributed by atoms with Gasteiger partial charge in [0.2, 0.25) is 0 Å². The molecule has 0 aliphatic rings. The molecule has 0 aromatic heterocycles. The fourth-order valence-electron chi connectivity index (χ4n) is 0.737. The Morgan fingerprint density at radius 1 is 1.23 bits per heavy atom. The van der Waals surface area contributed by atoms with Gasteiger partial charge in [-0.25, -0.2) is 9.59 Å². The molecule has 0 aromatic rings. The van der Waals surface area contributed by atoms with Crippen LogP contribution in [0.25, 0.3) is 0 Å². The average Bonchev–Trinajstić information content (AvgIpc) is 2.16. The normalized spacial score (nSPS) is 8.15. The van der Waals surface area contributed by atoms with Gasteiger partial charge in [0.1, 0.15) is 11.9 Å². The van der Waals surface area contributed by atoms with Crippen molar-refractivity contribution in [1.82, 2.24) is 0 Å². The van der Waals surface area contributed by atoms with E-state index in [4.69, 9.17) is 0 Å². The van der Waals surface area contributed by atoms with Gasteiger partial charge in [0.15, 0.2) is 0 Å². The lowest BCUT2D eigenvalue weighted by Crippen LogP contribution is -2.02. The number of carbonyl (C=O) groups excluding carboxylic acids is 3. The highest BCUT2D eigenvalue weighted by molar-refractivity contribution is 5.76. The second kappa shape index (κ2) is 5.95. The second-order valence-electron chi connectivity index (χ2n) is 2.52. The van der Waals surface area contributed by atoms with Gasteiger partial charge in [-0.05, 0) is 6.92 Å². The first-order valence-corrected chi connectivity index (χ1v) is 3.64. The lowest BCUT2D eigenvalue weighted by molar-refractivity contribution is -0.139. The molecule has 0 unspecified atom stereocenters. The summed E-state index contributed by atoms with van der Waals surface area (Å²) in [6.07, 6.45) is 0.00111. The summed E-state index contributed by atoms with van der Waals surface area (Å²) in [5, 5.41) is 0. The van der Waals surface area contributed by atoms with Crippen LogP contribution in [0.3, 0.4) is 0 Å². The average molecular weight is 182 g/mol. The molecule has 0 spiro atoms. The molecule has 0 aliphatic heterocycles. The van der Waals surface area contributed by atoms with Crippen molar-refractivity contribution in [1.29, 1.82) is 0 Å². The van der Waals surface area contributed by atoms with Gasteiger partial charge in [-0.3, -0.25) is 4.79 Å². The Bertz CT molecular complexity index is 291. The zero-order valence-electron chi connectivity index (χ0n) is 7.55. The van der Waals surface area contributed by atoms with Gasteiger partial charge in [-0.2, -0.15) is 0 Å². The highest BCUT2D eigenvalue weighted by Crippen LogP contribution is 2.09. The Morgan fingerprint density at radius 2 is 1.85 bits per heavy atom. The van der Waals surface area contributed by atoms with E-state index in [2.05, 4.69) is 4.74 Å². The Labute approximate surface area is 75.9 Å². The summed E-state index contributed by atoms with van der Waals surface area (Å²) in [6.45, 7) is 1.53. The first kappa shape index (κ1) is 11.4. The number of ether oxygens (including phenoxy) is 1. The van der Waals surface area contributed by atoms with Gasteiger partial charge in [-0.1, -0.05) is 0 Å². The van der Waals surface area contributed by atoms with Gasteiger partial charge in [0.25, 0.3) is 0 Å². The van der Waals surface area contributed by atoms with Gasteiger partial charge >= 0.3 is 5.97 Å². The number of allylic oxidation sites excluding steroid dienone is 1. The number of rotatable bonds is 4. The third kappa shape index (κ3) is 4.75. The zero-order valence-corrected chi connectivity index (χ0v) is 7.55. The van der Waals surface area contributed by atoms with E-state index in [1.165, 1.54) is 14.0 Å². The molecule has 0 atom stereocenters. The Balaban J connectivity index is 4.31. The maximum Gasteiger partial charge on any atom is 0.310 e. The predicted molar refractivity (Wildman–Crippen MR) is 45.3 cm³/mol. The first-order chi connectivity index (χ1) is 6.13. The van der Waals surface area contributed by atoms with Crippen LogP contribution in [0.1, 0.15) is 19.8 Å². The van der Waals surface area contributed by atoms with Gasteiger partial charge < -0.3 is 4.74 Å². The highest BCUT2D eigenvalue weighted by Gasteiger charge is 2.07. The van der Waals surface area contributed by atoms with Crippen molar-refractivity contribution in [2.45, 2.75) is 19.8 Å². The topological polar surface area (TPSA) is 60.4 Å². The van der Waals surface area contributed by atoms with Crippen molar-refractivity contribution in [2.24, 2.45) is 0 Å². The van der Waals surface area contributed by atoms with Crippen LogP contribution in [0.2, 0.25) is 0 Å². The summed E-state index contributed by atoms with van der Waals surface area (Å²) in [6, 6.07) is 0. The van der Waals surface area contributed by atoms with Gasteiger partial charge in [0, 0.05) is 17.6 Å². The van der Waals surface area contributed by atoms with Crippen LogP contribution in [0, 0.1) is 0 Å². The second-order valence-corrected chi connectivity index (χ2v) is 2.52. The number of carbonyl (C=O) groups is 1. The molecule has 0 saturated carbocycles. The molecule has 0 amide bonds. The summed E-state index contributed by atoms with van der Waals surface area (Å²) >= 11 is 0. The maximum absolute atomic E-state index is 10.7. The molecule has 0 radical (unpaired) electrons. The largest absolute Gasteiger partial charge is 0.469 e. The van der Waals surface area contributed by atoms with Crippen LogP contribution in [0.4, 0.5) is 0 Å². The molecule has 4 heteroatoms. The quantitative estimate of drug-likeness (QED) is 0.468. The minimum Gasteiger partial charge on any atom is -0.469 e. The minimum atomic E-state index is -0.517. The summed E-state index contributed by atoms with van der Waals surface area (Å²) in [5.74, 6) is 2.72. The monoisotopic (exact) mass is 182 g/mol. The van der Waals surface area contributed by atoms with E-state index in [9.17, 15) is 14.4 Å². The fraction of sp³-hybridized carbons (Fsp3) is 0.444. The Kier molecular flexibility index (Phi) is 5.20. The minimum absolute atomic E-state index is 0.126. The summed E-state index contributed by atoms with van der Waals surface area (Å²) in [4.78, 5) is 31.1. The van der Waals surface area contributed by atoms with Crippen LogP contribution < -0.4 is 0 Å². The van der Waals surface area contributed by atoms with E-state index in [1.807, 2.05) is 0 Å². The van der Waals surface area contributed by atoms with E-state index in [1.54, 1.807) is 11.9 Å². The van der Waals surface area contributed by atoms with Crippen molar-refractivity contribution in [3.05, 3.63) is 11.1 Å². The Hall–Kier alpha value is -1.63. The molecular formula is C9H10O4. The summed E-state index contributed by atoms with van der Waals surface area (Å²) in [7, 11) is 1.23. The lowest BCUT2D eigenvalue weighted by atomic mass is 10.1. The molecule has 0 fully saturated rings. The maximum atomic E-state index is 10.7. The molecular weight excluding hydrogens is 172 g/mol. The SMILES string of the molecule is COC(=O)CC(=C=O)CC(C)=C=O. The first-order valence-electron chi connectivity index (χ1n) is 3.64. The van der Waals surface area contributed by atoms with E-state index in [-0.39, 0.29) is 18.4 Å². The number of esters is 1. The van der Waals surface area contributed by atoms with Crippen LogP contribution in [0.15, 0.2) is 11.1 Å². The van der Waals surface area contributed by atoms with E-state index < -0.39 is 5.97 Å². The highest BCUT2D eigenvalue weighted by atomic mass is 16.5.